The van der Waals surface area contributed by atoms with Gasteiger partial charge in [0.25, 0.3) is 0 Å². The fraction of sp³-hybridized carbons (Fsp3) is 0.143. The van der Waals surface area contributed by atoms with Gasteiger partial charge in [-0.15, -0.1) is 0 Å². The molecule has 0 aliphatic rings. The van der Waals surface area contributed by atoms with Gasteiger partial charge in [0.05, 0.1) is 4.47 Å². The van der Waals surface area contributed by atoms with Crippen molar-refractivity contribution in [1.82, 2.24) is 0 Å². The molecule has 4 heteroatoms. The predicted molar refractivity (Wildman–Crippen MR) is 82.0 cm³/mol. The molecule has 0 aliphatic carbocycles. The zero-order chi connectivity index (χ0) is 13.1. The van der Waals surface area contributed by atoms with Crippen LogP contribution >= 0.6 is 31.9 Å². The molecule has 2 aromatic rings. The molecule has 0 unspecified atom stereocenters. The maximum absolute atomic E-state index is 9.43. The Balaban J connectivity index is 2.11. The Bertz CT molecular complexity index is 570. The highest BCUT2D eigenvalue weighted by molar-refractivity contribution is 9.11. The molecule has 0 saturated heterocycles. The molecule has 0 saturated carbocycles. The summed E-state index contributed by atoms with van der Waals surface area (Å²) in [6, 6.07) is 11.6. The van der Waals surface area contributed by atoms with Crippen molar-refractivity contribution in [2.45, 2.75) is 13.5 Å². The number of hydrogen-bond acceptors (Lipinski definition) is 2. The third kappa shape index (κ3) is 3.06. The first-order valence-corrected chi connectivity index (χ1v) is 7.13. The number of rotatable bonds is 3. The molecule has 0 fully saturated rings. The van der Waals surface area contributed by atoms with E-state index < -0.39 is 0 Å². The summed E-state index contributed by atoms with van der Waals surface area (Å²) in [5.74, 6) is 0.260. The lowest BCUT2D eigenvalue weighted by Gasteiger charge is -2.10. The Morgan fingerprint density at radius 2 is 1.94 bits per heavy atom. The molecule has 0 spiro atoms. The quantitative estimate of drug-likeness (QED) is 0.810. The summed E-state index contributed by atoms with van der Waals surface area (Å²) in [6.45, 7) is 2.77. The van der Waals surface area contributed by atoms with E-state index in [0.717, 1.165) is 15.7 Å². The molecule has 2 rings (SSSR count). The van der Waals surface area contributed by atoms with Crippen LogP contribution in [0.15, 0.2) is 45.3 Å². The molecule has 0 amide bonds. The van der Waals surface area contributed by atoms with E-state index in [2.05, 4.69) is 50.2 Å². The van der Waals surface area contributed by atoms with Crippen molar-refractivity contribution in [2.24, 2.45) is 0 Å². The summed E-state index contributed by atoms with van der Waals surface area (Å²) < 4.78 is 1.80. The van der Waals surface area contributed by atoms with Crippen LogP contribution in [0.1, 0.15) is 11.1 Å². The number of phenols is 1. The number of hydrogen-bond donors (Lipinski definition) is 2. The minimum Gasteiger partial charge on any atom is -0.507 e. The minimum atomic E-state index is 0.260. The molecule has 94 valence electrons. The molecule has 0 bridgehead atoms. The van der Waals surface area contributed by atoms with Crippen molar-refractivity contribution in [3.8, 4) is 5.75 Å². The Labute approximate surface area is 123 Å². The highest BCUT2D eigenvalue weighted by Crippen LogP contribution is 2.27. The molecule has 0 atom stereocenters. The summed E-state index contributed by atoms with van der Waals surface area (Å²) in [7, 11) is 0. The molecule has 2 aromatic carbocycles. The van der Waals surface area contributed by atoms with Crippen molar-refractivity contribution in [1.29, 1.82) is 0 Å². The zero-order valence-corrected chi connectivity index (χ0v) is 13.0. The molecule has 2 N–H and O–H groups in total. The first-order valence-electron chi connectivity index (χ1n) is 5.54. The van der Waals surface area contributed by atoms with Gasteiger partial charge in [0.2, 0.25) is 0 Å². The largest absolute Gasteiger partial charge is 0.507 e. The number of aromatic hydroxyl groups is 1. The predicted octanol–water partition coefficient (Wildman–Crippen LogP) is 4.84. The van der Waals surface area contributed by atoms with Crippen LogP contribution in [0.5, 0.6) is 5.75 Å². The third-order valence-electron chi connectivity index (χ3n) is 2.69. The van der Waals surface area contributed by atoms with Gasteiger partial charge in [0.15, 0.2) is 0 Å². The lowest BCUT2D eigenvalue weighted by Crippen LogP contribution is -2.00. The number of halogens is 2. The second-order valence-electron chi connectivity index (χ2n) is 4.08. The lowest BCUT2D eigenvalue weighted by atomic mass is 10.2. The zero-order valence-electron chi connectivity index (χ0n) is 9.87. The highest BCUT2D eigenvalue weighted by atomic mass is 79.9. The van der Waals surface area contributed by atoms with Crippen LogP contribution in [-0.4, -0.2) is 5.11 Å². The summed E-state index contributed by atoms with van der Waals surface area (Å²) in [5, 5.41) is 12.8. The number of phenolic OH excluding ortho intramolecular Hbond substituents is 1. The smallest absolute Gasteiger partial charge is 0.129 e. The SMILES string of the molecule is Cc1cccc(NCc2ccc(O)c(Br)c2)c1Br. The van der Waals surface area contributed by atoms with Gasteiger partial charge in [0.1, 0.15) is 5.75 Å². The van der Waals surface area contributed by atoms with Gasteiger partial charge in [-0.1, -0.05) is 18.2 Å². The first-order chi connectivity index (χ1) is 8.58. The van der Waals surface area contributed by atoms with Crippen molar-refractivity contribution in [3.05, 3.63) is 56.5 Å². The molecule has 0 heterocycles. The molecular weight excluding hydrogens is 358 g/mol. The van der Waals surface area contributed by atoms with E-state index in [-0.39, 0.29) is 5.75 Å². The standard InChI is InChI=1S/C14H13Br2NO/c1-9-3-2-4-12(14(9)16)17-8-10-5-6-13(18)11(15)7-10/h2-7,17-18H,8H2,1H3. The third-order valence-corrected chi connectivity index (χ3v) is 4.37. The Hall–Kier alpha value is -1.00. The molecule has 0 aromatic heterocycles. The average molecular weight is 371 g/mol. The summed E-state index contributed by atoms with van der Waals surface area (Å²) in [4.78, 5) is 0. The van der Waals surface area contributed by atoms with Crippen LogP contribution in [0.3, 0.4) is 0 Å². The molecule has 18 heavy (non-hydrogen) atoms. The Kier molecular flexibility index (Phi) is 4.30. The summed E-state index contributed by atoms with van der Waals surface area (Å²) in [6.07, 6.45) is 0. The maximum atomic E-state index is 9.43. The number of benzene rings is 2. The van der Waals surface area contributed by atoms with Crippen LogP contribution in [-0.2, 0) is 6.54 Å². The lowest BCUT2D eigenvalue weighted by molar-refractivity contribution is 0.471. The summed E-state index contributed by atoms with van der Waals surface area (Å²) >= 11 is 6.88. The van der Waals surface area contributed by atoms with Crippen molar-refractivity contribution in [2.75, 3.05) is 5.32 Å². The van der Waals surface area contributed by atoms with E-state index in [1.165, 1.54) is 5.56 Å². The normalized spacial score (nSPS) is 10.4. The van der Waals surface area contributed by atoms with Crippen LogP contribution < -0.4 is 5.32 Å². The molecule has 0 radical (unpaired) electrons. The van der Waals surface area contributed by atoms with E-state index in [4.69, 9.17) is 0 Å². The van der Waals surface area contributed by atoms with Crippen molar-refractivity contribution < 1.29 is 5.11 Å². The van der Waals surface area contributed by atoms with Crippen LogP contribution in [0.4, 0.5) is 5.69 Å². The summed E-state index contributed by atoms with van der Waals surface area (Å²) in [5.41, 5.74) is 3.37. The van der Waals surface area contributed by atoms with E-state index in [9.17, 15) is 5.11 Å². The monoisotopic (exact) mass is 369 g/mol. The molecule has 0 aliphatic heterocycles. The fourth-order valence-electron chi connectivity index (χ4n) is 1.64. The molecular formula is C14H13Br2NO. The van der Waals surface area contributed by atoms with E-state index in [0.29, 0.717) is 11.0 Å². The highest BCUT2D eigenvalue weighted by Gasteiger charge is 2.03. The number of aryl methyl sites for hydroxylation is 1. The molecule has 2 nitrogen and oxygen atoms in total. The van der Waals surface area contributed by atoms with Gasteiger partial charge in [-0.2, -0.15) is 0 Å². The number of nitrogens with one attached hydrogen (secondary N) is 1. The van der Waals surface area contributed by atoms with Crippen LogP contribution in [0.2, 0.25) is 0 Å². The van der Waals surface area contributed by atoms with Gasteiger partial charge >= 0.3 is 0 Å². The van der Waals surface area contributed by atoms with Crippen molar-refractivity contribution in [3.63, 3.8) is 0 Å². The van der Waals surface area contributed by atoms with Gasteiger partial charge in [-0.05, 0) is 68.1 Å². The average Bonchev–Trinajstić information content (AvgIpc) is 2.35. The van der Waals surface area contributed by atoms with Gasteiger partial charge in [0, 0.05) is 16.7 Å². The van der Waals surface area contributed by atoms with E-state index in [1.807, 2.05) is 24.3 Å². The fourth-order valence-corrected chi connectivity index (χ4v) is 2.47. The second kappa shape index (κ2) is 5.76. The Morgan fingerprint density at radius 1 is 1.17 bits per heavy atom. The Morgan fingerprint density at radius 3 is 2.67 bits per heavy atom. The topological polar surface area (TPSA) is 32.3 Å². The number of anilines is 1. The van der Waals surface area contributed by atoms with E-state index >= 15 is 0 Å². The second-order valence-corrected chi connectivity index (χ2v) is 5.72. The van der Waals surface area contributed by atoms with Gasteiger partial charge < -0.3 is 10.4 Å². The van der Waals surface area contributed by atoms with Crippen molar-refractivity contribution >= 4 is 37.5 Å². The van der Waals surface area contributed by atoms with Gasteiger partial charge in [-0.25, -0.2) is 0 Å². The van der Waals surface area contributed by atoms with Gasteiger partial charge in [-0.3, -0.25) is 0 Å². The van der Waals surface area contributed by atoms with Crippen LogP contribution in [0, 0.1) is 6.92 Å². The van der Waals surface area contributed by atoms with E-state index in [1.54, 1.807) is 6.07 Å². The van der Waals surface area contributed by atoms with Crippen LogP contribution in [0.25, 0.3) is 0 Å². The first kappa shape index (κ1) is 13.4. The maximum Gasteiger partial charge on any atom is 0.129 e. The minimum absolute atomic E-state index is 0.260.